The average molecular weight is 169 g/mol. The van der Waals surface area contributed by atoms with Gasteiger partial charge >= 0.3 is 0 Å². The Kier molecular flexibility index (Phi) is 1.13. The zero-order valence-corrected chi connectivity index (χ0v) is 7.42. The summed E-state index contributed by atoms with van der Waals surface area (Å²) in [5.74, 6) is 0. The van der Waals surface area contributed by atoms with E-state index in [-0.39, 0.29) is 11.8 Å². The Bertz CT molecular complexity index is 229. The Balaban J connectivity index is 1.65. The first kappa shape index (κ1) is 7.30. The SMILES string of the molecule is CCCCC1(O)C2OC21N1CC1. The number of unbranched alkanes of at least 4 members (excludes halogenated alkanes) is 1. The minimum Gasteiger partial charge on any atom is -0.382 e. The molecule has 3 nitrogen and oxygen atoms in total. The maximum Gasteiger partial charge on any atom is 0.183 e. The predicted molar refractivity (Wildman–Crippen MR) is 43.7 cm³/mol. The van der Waals surface area contributed by atoms with E-state index in [2.05, 4.69) is 11.8 Å². The molecule has 0 amide bonds. The third-order valence-corrected chi connectivity index (χ3v) is 3.39. The molecule has 12 heavy (non-hydrogen) atoms. The van der Waals surface area contributed by atoms with E-state index in [1.165, 1.54) is 0 Å². The van der Waals surface area contributed by atoms with Gasteiger partial charge in [-0.15, -0.1) is 0 Å². The summed E-state index contributed by atoms with van der Waals surface area (Å²) in [6.45, 7) is 4.39. The molecular weight excluding hydrogens is 154 g/mol. The third kappa shape index (κ3) is 0.605. The van der Waals surface area contributed by atoms with Crippen LogP contribution in [0.15, 0.2) is 0 Å². The first-order chi connectivity index (χ1) is 5.75. The molecule has 2 saturated heterocycles. The maximum absolute atomic E-state index is 10.1. The highest BCUT2D eigenvalue weighted by molar-refractivity contribution is 5.40. The van der Waals surface area contributed by atoms with E-state index < -0.39 is 5.60 Å². The van der Waals surface area contributed by atoms with Gasteiger partial charge in [0.25, 0.3) is 0 Å². The number of aliphatic hydroxyl groups is 1. The Morgan fingerprint density at radius 3 is 2.83 bits per heavy atom. The molecule has 2 heterocycles. The van der Waals surface area contributed by atoms with Crippen molar-refractivity contribution in [2.24, 2.45) is 0 Å². The number of hydrogen-bond donors (Lipinski definition) is 1. The molecule has 1 aliphatic carbocycles. The Labute approximate surface area is 72.3 Å². The second-order valence-electron chi connectivity index (χ2n) is 4.21. The van der Waals surface area contributed by atoms with Crippen LogP contribution in [0.5, 0.6) is 0 Å². The highest BCUT2D eigenvalue weighted by Gasteiger charge is 2.96. The molecular formula is C9H15NO2. The molecule has 0 spiro atoms. The second kappa shape index (κ2) is 1.86. The fourth-order valence-electron chi connectivity index (χ4n) is 2.38. The van der Waals surface area contributed by atoms with Crippen molar-refractivity contribution in [1.82, 2.24) is 4.90 Å². The summed E-state index contributed by atoms with van der Waals surface area (Å²) in [6.07, 6.45) is 3.36. The molecule has 3 atom stereocenters. The van der Waals surface area contributed by atoms with Crippen LogP contribution in [-0.2, 0) is 4.74 Å². The van der Waals surface area contributed by atoms with Crippen LogP contribution >= 0.6 is 0 Å². The summed E-state index contributed by atoms with van der Waals surface area (Å²) < 4.78 is 5.41. The van der Waals surface area contributed by atoms with E-state index in [0.717, 1.165) is 32.4 Å². The summed E-state index contributed by atoms with van der Waals surface area (Å²) in [6, 6.07) is 0. The molecule has 1 N–H and O–H groups in total. The van der Waals surface area contributed by atoms with Gasteiger partial charge in [0.15, 0.2) is 5.72 Å². The van der Waals surface area contributed by atoms with Crippen LogP contribution in [-0.4, -0.2) is 40.5 Å². The Morgan fingerprint density at radius 2 is 2.33 bits per heavy atom. The van der Waals surface area contributed by atoms with Gasteiger partial charge in [0.05, 0.1) is 0 Å². The van der Waals surface area contributed by atoms with Crippen LogP contribution in [0.25, 0.3) is 0 Å². The lowest BCUT2D eigenvalue weighted by Crippen LogP contribution is -2.34. The van der Waals surface area contributed by atoms with Crippen LogP contribution in [0.3, 0.4) is 0 Å². The summed E-state index contributed by atoms with van der Waals surface area (Å²) in [4.78, 5) is 2.24. The van der Waals surface area contributed by atoms with E-state index in [9.17, 15) is 5.11 Å². The van der Waals surface area contributed by atoms with Crippen molar-refractivity contribution in [2.75, 3.05) is 13.1 Å². The maximum atomic E-state index is 10.1. The van der Waals surface area contributed by atoms with Crippen LogP contribution in [0.2, 0.25) is 0 Å². The minimum absolute atomic E-state index is 0.166. The van der Waals surface area contributed by atoms with E-state index in [1.54, 1.807) is 0 Å². The number of rotatable bonds is 4. The number of epoxide rings is 1. The molecule has 3 fully saturated rings. The van der Waals surface area contributed by atoms with Crippen LogP contribution < -0.4 is 0 Å². The molecule has 3 rings (SSSR count). The van der Waals surface area contributed by atoms with E-state index >= 15 is 0 Å². The van der Waals surface area contributed by atoms with Gasteiger partial charge in [-0.05, 0) is 6.42 Å². The molecule has 3 heteroatoms. The molecule has 0 aromatic heterocycles. The van der Waals surface area contributed by atoms with E-state index in [4.69, 9.17) is 4.74 Å². The zero-order valence-electron chi connectivity index (χ0n) is 7.42. The summed E-state index contributed by atoms with van der Waals surface area (Å²) in [5, 5.41) is 10.1. The lowest BCUT2D eigenvalue weighted by Gasteiger charge is -2.20. The van der Waals surface area contributed by atoms with Crippen molar-refractivity contribution < 1.29 is 9.84 Å². The molecule has 0 aromatic rings. The average Bonchev–Trinajstić information content (AvgIpc) is 2.91. The normalized spacial score (nSPS) is 55.0. The van der Waals surface area contributed by atoms with Crippen LogP contribution in [0, 0.1) is 0 Å². The summed E-state index contributed by atoms with van der Waals surface area (Å²) >= 11 is 0. The number of fused-ring (bicyclic) bond motifs is 1. The van der Waals surface area contributed by atoms with Gasteiger partial charge in [-0.1, -0.05) is 19.8 Å². The minimum atomic E-state index is -0.459. The van der Waals surface area contributed by atoms with Crippen LogP contribution in [0.1, 0.15) is 26.2 Å². The van der Waals surface area contributed by atoms with Gasteiger partial charge < -0.3 is 9.84 Å². The molecule has 0 aromatic carbocycles. The summed E-state index contributed by atoms with van der Waals surface area (Å²) in [7, 11) is 0. The van der Waals surface area contributed by atoms with Crippen molar-refractivity contribution in [3.8, 4) is 0 Å². The smallest absolute Gasteiger partial charge is 0.183 e. The lowest BCUT2D eigenvalue weighted by atomic mass is 10.1. The molecule has 3 aliphatic rings. The molecule has 2 aliphatic heterocycles. The third-order valence-electron chi connectivity index (χ3n) is 3.39. The van der Waals surface area contributed by atoms with Gasteiger partial charge in [0.1, 0.15) is 11.7 Å². The molecule has 1 saturated carbocycles. The van der Waals surface area contributed by atoms with Crippen molar-refractivity contribution >= 4 is 0 Å². The summed E-state index contributed by atoms with van der Waals surface area (Å²) in [5.41, 5.74) is -0.637. The first-order valence-corrected chi connectivity index (χ1v) is 4.91. The van der Waals surface area contributed by atoms with Crippen molar-refractivity contribution in [3.05, 3.63) is 0 Å². The van der Waals surface area contributed by atoms with E-state index in [1.807, 2.05) is 0 Å². The van der Waals surface area contributed by atoms with Gasteiger partial charge in [0.2, 0.25) is 0 Å². The van der Waals surface area contributed by atoms with Crippen molar-refractivity contribution in [3.63, 3.8) is 0 Å². The molecule has 68 valence electrons. The fourth-order valence-corrected chi connectivity index (χ4v) is 2.38. The van der Waals surface area contributed by atoms with Gasteiger partial charge in [-0.2, -0.15) is 0 Å². The van der Waals surface area contributed by atoms with Crippen molar-refractivity contribution in [2.45, 2.75) is 43.6 Å². The van der Waals surface area contributed by atoms with Gasteiger partial charge in [-0.25, -0.2) is 0 Å². The number of hydrogen-bond acceptors (Lipinski definition) is 3. The standard InChI is InChI=1S/C9H15NO2/c1-2-3-4-8(11)7-9(8,12-7)10-5-6-10/h7,11H,2-6H2,1H3. The quantitative estimate of drug-likeness (QED) is 0.616. The predicted octanol–water partition coefficient (Wildman–Crippen LogP) is 0.332. The largest absolute Gasteiger partial charge is 0.382 e. The highest BCUT2D eigenvalue weighted by atomic mass is 16.7. The Hall–Kier alpha value is -0.120. The van der Waals surface area contributed by atoms with Crippen molar-refractivity contribution in [1.29, 1.82) is 0 Å². The fraction of sp³-hybridized carbons (Fsp3) is 1.00. The van der Waals surface area contributed by atoms with Gasteiger partial charge in [-0.3, -0.25) is 4.90 Å². The number of nitrogens with zero attached hydrogens (tertiary/aromatic N) is 1. The van der Waals surface area contributed by atoms with Gasteiger partial charge in [0, 0.05) is 13.1 Å². The molecule has 3 unspecified atom stereocenters. The molecule has 0 bridgehead atoms. The lowest BCUT2D eigenvalue weighted by molar-refractivity contribution is -0.0753. The Morgan fingerprint density at radius 1 is 1.58 bits per heavy atom. The first-order valence-electron chi connectivity index (χ1n) is 4.91. The zero-order chi connectivity index (χ0) is 8.40. The highest BCUT2D eigenvalue weighted by Crippen LogP contribution is 2.73. The topological polar surface area (TPSA) is 35.8 Å². The monoisotopic (exact) mass is 169 g/mol. The number of ether oxygens (including phenoxy) is 1. The second-order valence-corrected chi connectivity index (χ2v) is 4.21. The van der Waals surface area contributed by atoms with Crippen LogP contribution in [0.4, 0.5) is 0 Å². The van der Waals surface area contributed by atoms with E-state index in [0.29, 0.717) is 0 Å². The molecule has 0 radical (unpaired) electrons.